The van der Waals surface area contributed by atoms with E-state index in [4.69, 9.17) is 21.7 Å². The number of benzene rings is 2. The van der Waals surface area contributed by atoms with Gasteiger partial charge in [-0.1, -0.05) is 52.0 Å². The molecule has 31 heavy (non-hydrogen) atoms. The third-order valence-corrected chi connectivity index (χ3v) is 6.67. The first kappa shape index (κ1) is 22.0. The molecule has 4 rings (SSSR count). The van der Waals surface area contributed by atoms with E-state index in [9.17, 15) is 9.59 Å². The highest BCUT2D eigenvalue weighted by atomic mass is 79.9. The zero-order valence-electron chi connectivity index (χ0n) is 16.4. The average Bonchev–Trinajstić information content (AvgIpc) is 3.35. The molecule has 0 spiro atoms. The minimum Gasteiger partial charge on any atom is -0.410 e. The maximum atomic E-state index is 12.7. The number of nitrogens with one attached hydrogen (secondary N) is 1. The Hall–Kier alpha value is -2.20. The second kappa shape index (κ2) is 9.95. The Labute approximate surface area is 198 Å². The molecule has 2 aromatic carbocycles. The summed E-state index contributed by atoms with van der Waals surface area (Å²) in [5.41, 5.74) is 1.45. The molecule has 2 aliphatic rings. The molecule has 2 aliphatic heterocycles. The van der Waals surface area contributed by atoms with Gasteiger partial charge in [0.15, 0.2) is 0 Å². The second-order valence-electron chi connectivity index (χ2n) is 7.02. The van der Waals surface area contributed by atoms with Crippen LogP contribution in [0.25, 0.3) is 6.08 Å². The lowest BCUT2D eigenvalue weighted by Gasteiger charge is -2.18. The fourth-order valence-corrected chi connectivity index (χ4v) is 4.76. The molecule has 0 unspecified atom stereocenters. The fraction of sp³-hybridized carbons (Fsp3) is 0.227. The number of carbonyl (C=O) groups excluding carboxylic acids is 2. The van der Waals surface area contributed by atoms with Crippen molar-refractivity contribution in [3.8, 4) is 5.75 Å². The number of ether oxygens (including phenoxy) is 2. The molecule has 2 heterocycles. The molecule has 1 N–H and O–H groups in total. The summed E-state index contributed by atoms with van der Waals surface area (Å²) in [7, 11) is 0. The quantitative estimate of drug-likeness (QED) is 0.419. The van der Waals surface area contributed by atoms with Gasteiger partial charge in [0.2, 0.25) is 0 Å². The minimum absolute atomic E-state index is 0.0573. The number of rotatable bonds is 5. The Morgan fingerprint density at radius 3 is 2.68 bits per heavy atom. The maximum absolute atomic E-state index is 12.7. The van der Waals surface area contributed by atoms with Crippen molar-refractivity contribution in [2.75, 3.05) is 18.5 Å². The van der Waals surface area contributed by atoms with Gasteiger partial charge < -0.3 is 9.47 Å². The summed E-state index contributed by atoms with van der Waals surface area (Å²) in [6.45, 7) is 1.24. The molecule has 0 bridgehead atoms. The smallest absolute Gasteiger partial charge is 0.410 e. The van der Waals surface area contributed by atoms with Gasteiger partial charge >= 0.3 is 6.09 Å². The molecular weight excluding hydrogens is 500 g/mol. The monoisotopic (exact) mass is 518 g/mol. The number of hydrogen-bond acceptors (Lipinski definition) is 6. The standard InChI is InChI=1S/C22H19BrN2O4S2/c23-15-5-7-16(8-6-15)24-21(27)29-17-9-3-14(4-10-17)12-19-20(26)25(22(30)31-19)13-18-2-1-11-28-18/h3-10,12,18H,1-2,11,13H2,(H,24,27)/b19-12+/t18-/m1/s1. The molecule has 2 saturated heterocycles. The van der Waals surface area contributed by atoms with E-state index in [1.54, 1.807) is 47.4 Å². The lowest BCUT2D eigenvalue weighted by molar-refractivity contribution is -0.123. The topological polar surface area (TPSA) is 67.9 Å². The van der Waals surface area contributed by atoms with E-state index in [2.05, 4.69) is 21.2 Å². The van der Waals surface area contributed by atoms with Crippen molar-refractivity contribution in [1.29, 1.82) is 0 Å². The Balaban J connectivity index is 1.35. The Morgan fingerprint density at radius 2 is 2.00 bits per heavy atom. The maximum Gasteiger partial charge on any atom is 0.417 e. The van der Waals surface area contributed by atoms with Crippen molar-refractivity contribution < 1.29 is 19.1 Å². The zero-order valence-corrected chi connectivity index (χ0v) is 19.6. The lowest BCUT2D eigenvalue weighted by atomic mass is 10.2. The molecule has 0 radical (unpaired) electrons. The van der Waals surface area contributed by atoms with E-state index < -0.39 is 6.09 Å². The van der Waals surface area contributed by atoms with Gasteiger partial charge in [0.05, 0.1) is 17.6 Å². The molecule has 9 heteroatoms. The van der Waals surface area contributed by atoms with E-state index in [-0.39, 0.29) is 12.0 Å². The zero-order chi connectivity index (χ0) is 21.8. The van der Waals surface area contributed by atoms with E-state index in [1.807, 2.05) is 12.1 Å². The van der Waals surface area contributed by atoms with E-state index in [0.29, 0.717) is 27.2 Å². The summed E-state index contributed by atoms with van der Waals surface area (Å²) in [5.74, 6) is 0.303. The van der Waals surface area contributed by atoms with Crippen LogP contribution >= 0.6 is 39.9 Å². The molecule has 0 aromatic heterocycles. The minimum atomic E-state index is -0.579. The predicted molar refractivity (Wildman–Crippen MR) is 129 cm³/mol. The Morgan fingerprint density at radius 1 is 1.26 bits per heavy atom. The van der Waals surface area contributed by atoms with Crippen LogP contribution in [0.2, 0.25) is 0 Å². The van der Waals surface area contributed by atoms with Gasteiger partial charge in [-0.2, -0.15) is 0 Å². The summed E-state index contributed by atoms with van der Waals surface area (Å²) < 4.78 is 12.4. The normalized spacial score (nSPS) is 19.8. The number of carbonyl (C=O) groups is 2. The van der Waals surface area contributed by atoms with E-state index >= 15 is 0 Å². The third-order valence-electron chi connectivity index (χ3n) is 4.76. The van der Waals surface area contributed by atoms with Gasteiger partial charge in [-0.05, 0) is 60.9 Å². The highest BCUT2D eigenvalue weighted by Crippen LogP contribution is 2.33. The summed E-state index contributed by atoms with van der Waals surface area (Å²) in [6.07, 6.45) is 3.24. The van der Waals surface area contributed by atoms with Crippen molar-refractivity contribution in [3.05, 3.63) is 63.5 Å². The van der Waals surface area contributed by atoms with Crippen molar-refractivity contribution in [3.63, 3.8) is 0 Å². The molecule has 6 nitrogen and oxygen atoms in total. The van der Waals surface area contributed by atoms with E-state index in [1.165, 1.54) is 11.8 Å². The Bertz CT molecular complexity index is 1020. The summed E-state index contributed by atoms with van der Waals surface area (Å²) in [6, 6.07) is 14.1. The highest BCUT2D eigenvalue weighted by Gasteiger charge is 2.34. The molecule has 0 saturated carbocycles. The highest BCUT2D eigenvalue weighted by molar-refractivity contribution is 9.10. The van der Waals surface area contributed by atoms with Gasteiger partial charge in [0.1, 0.15) is 10.1 Å². The van der Waals surface area contributed by atoms with Crippen LogP contribution in [0.3, 0.4) is 0 Å². The second-order valence-corrected chi connectivity index (χ2v) is 9.61. The van der Waals surface area contributed by atoms with Crippen LogP contribution in [0.15, 0.2) is 57.9 Å². The van der Waals surface area contributed by atoms with Gasteiger partial charge in [0, 0.05) is 16.8 Å². The number of thioether (sulfide) groups is 1. The van der Waals surface area contributed by atoms with Crippen molar-refractivity contribution in [1.82, 2.24) is 4.90 Å². The van der Waals surface area contributed by atoms with Crippen LogP contribution in [0.5, 0.6) is 5.75 Å². The first-order chi connectivity index (χ1) is 15.0. The summed E-state index contributed by atoms with van der Waals surface area (Å²) >= 11 is 10.0. The molecular formula is C22H19BrN2O4S2. The number of nitrogens with zero attached hydrogens (tertiary/aromatic N) is 1. The van der Waals surface area contributed by atoms with Crippen LogP contribution in [0, 0.1) is 0 Å². The van der Waals surface area contributed by atoms with Gasteiger partial charge in [-0.25, -0.2) is 4.79 Å². The largest absolute Gasteiger partial charge is 0.417 e. The molecule has 160 valence electrons. The van der Waals surface area contributed by atoms with Gasteiger partial charge in [-0.3, -0.25) is 15.0 Å². The molecule has 2 aromatic rings. The summed E-state index contributed by atoms with van der Waals surface area (Å²) in [4.78, 5) is 27.0. The summed E-state index contributed by atoms with van der Waals surface area (Å²) in [5, 5.41) is 2.66. The van der Waals surface area contributed by atoms with Crippen LogP contribution < -0.4 is 10.1 Å². The van der Waals surface area contributed by atoms with E-state index in [0.717, 1.165) is 29.5 Å². The molecule has 0 aliphatic carbocycles. The van der Waals surface area contributed by atoms with Crippen molar-refractivity contribution in [2.45, 2.75) is 18.9 Å². The molecule has 2 fully saturated rings. The van der Waals surface area contributed by atoms with Crippen molar-refractivity contribution >= 4 is 68.0 Å². The number of anilines is 1. The van der Waals surface area contributed by atoms with Crippen LogP contribution in [-0.2, 0) is 9.53 Å². The fourth-order valence-electron chi connectivity index (χ4n) is 3.22. The van der Waals surface area contributed by atoms with Gasteiger partial charge in [-0.15, -0.1) is 0 Å². The lowest BCUT2D eigenvalue weighted by Crippen LogP contribution is -2.35. The van der Waals surface area contributed by atoms with Crippen molar-refractivity contribution in [2.24, 2.45) is 0 Å². The van der Waals surface area contributed by atoms with Crippen LogP contribution in [0.1, 0.15) is 18.4 Å². The average molecular weight is 519 g/mol. The number of amides is 2. The van der Waals surface area contributed by atoms with Crippen LogP contribution in [0.4, 0.5) is 10.5 Å². The van der Waals surface area contributed by atoms with Gasteiger partial charge in [0.25, 0.3) is 5.91 Å². The number of halogens is 1. The predicted octanol–water partition coefficient (Wildman–Crippen LogP) is 5.44. The number of hydrogen-bond donors (Lipinski definition) is 1. The first-order valence-electron chi connectivity index (χ1n) is 9.69. The number of thiocarbonyl (C=S) groups is 1. The van der Waals surface area contributed by atoms with Crippen LogP contribution in [-0.4, -0.2) is 40.5 Å². The third kappa shape index (κ3) is 5.74. The first-order valence-corrected chi connectivity index (χ1v) is 11.7. The molecule has 1 atom stereocenters. The molecule has 2 amide bonds. The Kier molecular flexibility index (Phi) is 7.06. The SMILES string of the molecule is O=C(Nc1ccc(Br)cc1)Oc1ccc(/C=C2/SC(=S)N(C[C@H]3CCCO3)C2=O)cc1.